The molecule has 1 aromatic heterocycles. The van der Waals surface area contributed by atoms with Gasteiger partial charge in [0.1, 0.15) is 12.4 Å². The minimum Gasteiger partial charge on any atom is -0.480 e. The highest BCUT2D eigenvalue weighted by Crippen LogP contribution is 2.36. The smallest absolute Gasteiger partial charge is 0.323 e. The van der Waals surface area contributed by atoms with E-state index >= 15 is 0 Å². The van der Waals surface area contributed by atoms with E-state index in [1.54, 1.807) is 10.6 Å². The number of aryl methyl sites for hydroxylation is 1. The molecule has 0 fully saturated rings. The number of nitrogens with zero attached hydrogens (tertiary/aromatic N) is 1. The number of aromatic nitrogens is 1. The molecule has 5 nitrogen and oxygen atoms in total. The van der Waals surface area contributed by atoms with Gasteiger partial charge in [-0.15, -0.1) is 0 Å². The Morgan fingerprint density at radius 3 is 2.71 bits per heavy atom. The number of aliphatic carboxylic acids is 1. The molecule has 0 spiro atoms. The number of halogens is 3. The Balaban J connectivity index is 1.53. The molecule has 2 N–H and O–H groups in total. The van der Waals surface area contributed by atoms with Gasteiger partial charge in [-0.25, -0.2) is 4.39 Å². The third kappa shape index (κ3) is 4.55. The van der Waals surface area contributed by atoms with Crippen molar-refractivity contribution in [1.29, 1.82) is 0 Å². The first-order chi connectivity index (χ1) is 14.8. The first-order valence-electron chi connectivity index (χ1n) is 10.1. The van der Waals surface area contributed by atoms with E-state index in [-0.39, 0.29) is 23.5 Å². The van der Waals surface area contributed by atoms with E-state index in [9.17, 15) is 19.1 Å². The van der Waals surface area contributed by atoms with E-state index in [1.807, 2.05) is 18.2 Å². The SMILES string of the molecule is O=C(O)Cn1c2c(c3cc(F)cc(Cl)c31)C[C@@H](NC(=O)CCc1ccccc1Cl)CC2. The molecule has 2 aromatic carbocycles. The summed E-state index contributed by atoms with van der Waals surface area (Å²) in [6, 6.07) is 9.91. The number of nitrogens with one attached hydrogen (secondary N) is 1. The Labute approximate surface area is 188 Å². The summed E-state index contributed by atoms with van der Waals surface area (Å²) in [6.45, 7) is -0.244. The average Bonchev–Trinajstić information content (AvgIpc) is 3.00. The van der Waals surface area contributed by atoms with E-state index in [0.29, 0.717) is 48.0 Å². The van der Waals surface area contributed by atoms with Crippen LogP contribution < -0.4 is 5.32 Å². The van der Waals surface area contributed by atoms with Gasteiger partial charge in [-0.3, -0.25) is 9.59 Å². The zero-order chi connectivity index (χ0) is 22.1. The maximum Gasteiger partial charge on any atom is 0.323 e. The van der Waals surface area contributed by atoms with Gasteiger partial charge in [0.25, 0.3) is 0 Å². The van der Waals surface area contributed by atoms with Crippen LogP contribution in [0.15, 0.2) is 36.4 Å². The number of rotatable bonds is 6. The lowest BCUT2D eigenvalue weighted by Gasteiger charge is -2.25. The van der Waals surface area contributed by atoms with Crippen molar-refractivity contribution in [2.75, 3.05) is 0 Å². The third-order valence-electron chi connectivity index (χ3n) is 5.72. The van der Waals surface area contributed by atoms with Gasteiger partial charge >= 0.3 is 5.97 Å². The standard InChI is InChI=1S/C23H21Cl2FN2O3/c24-18-4-2-1-3-13(18)5-8-21(29)27-15-6-7-20-16(11-15)17-9-14(26)10-19(25)23(17)28(20)12-22(30)31/h1-4,9-10,15H,5-8,11-12H2,(H,27,29)(H,30,31)/t15-/m0/s1. The average molecular weight is 463 g/mol. The van der Waals surface area contributed by atoms with E-state index in [1.165, 1.54) is 12.1 Å². The Morgan fingerprint density at radius 1 is 1.19 bits per heavy atom. The summed E-state index contributed by atoms with van der Waals surface area (Å²) in [6.07, 6.45) is 2.60. The minimum absolute atomic E-state index is 0.0770. The summed E-state index contributed by atoms with van der Waals surface area (Å²) in [5.74, 6) is -1.54. The number of carbonyl (C=O) groups is 2. The van der Waals surface area contributed by atoms with Crippen molar-refractivity contribution >= 4 is 46.0 Å². The first-order valence-corrected chi connectivity index (χ1v) is 10.8. The number of hydrogen-bond donors (Lipinski definition) is 2. The molecule has 4 rings (SSSR count). The second kappa shape index (κ2) is 8.89. The summed E-state index contributed by atoms with van der Waals surface area (Å²) in [5.41, 5.74) is 3.14. The minimum atomic E-state index is -0.991. The fourth-order valence-corrected chi connectivity index (χ4v) is 4.92. The molecule has 0 saturated heterocycles. The number of hydrogen-bond acceptors (Lipinski definition) is 2. The molecule has 162 valence electrons. The quantitative estimate of drug-likeness (QED) is 0.553. The molecule has 1 aliphatic rings. The van der Waals surface area contributed by atoms with Crippen LogP contribution in [0.2, 0.25) is 10.0 Å². The fraction of sp³-hybridized carbons (Fsp3) is 0.304. The van der Waals surface area contributed by atoms with E-state index < -0.39 is 11.8 Å². The Morgan fingerprint density at radius 2 is 1.97 bits per heavy atom. The Hall–Kier alpha value is -2.57. The largest absolute Gasteiger partial charge is 0.480 e. The van der Waals surface area contributed by atoms with Crippen LogP contribution in [0.3, 0.4) is 0 Å². The van der Waals surface area contributed by atoms with Gasteiger partial charge in [0.05, 0.1) is 10.5 Å². The molecule has 0 bridgehead atoms. The Bertz CT molecular complexity index is 1180. The van der Waals surface area contributed by atoms with E-state index in [4.69, 9.17) is 23.2 Å². The van der Waals surface area contributed by atoms with Crippen molar-refractivity contribution in [3.63, 3.8) is 0 Å². The van der Waals surface area contributed by atoms with Crippen molar-refractivity contribution < 1.29 is 19.1 Å². The van der Waals surface area contributed by atoms with Gasteiger partial charge in [0.2, 0.25) is 5.91 Å². The van der Waals surface area contributed by atoms with Gasteiger partial charge in [0, 0.05) is 28.6 Å². The normalized spacial score (nSPS) is 15.6. The van der Waals surface area contributed by atoms with Crippen molar-refractivity contribution in [3.8, 4) is 0 Å². The molecule has 0 saturated carbocycles. The van der Waals surface area contributed by atoms with E-state index in [0.717, 1.165) is 16.8 Å². The van der Waals surface area contributed by atoms with Gasteiger partial charge < -0.3 is 15.0 Å². The number of carbonyl (C=O) groups excluding carboxylic acids is 1. The fourth-order valence-electron chi connectivity index (χ4n) is 4.38. The molecule has 8 heteroatoms. The zero-order valence-electron chi connectivity index (χ0n) is 16.6. The number of carboxylic acid groups (broad SMARTS) is 1. The molecule has 0 unspecified atom stereocenters. The van der Waals surface area contributed by atoms with Crippen LogP contribution in [-0.4, -0.2) is 27.6 Å². The molecule has 31 heavy (non-hydrogen) atoms. The number of benzene rings is 2. The summed E-state index contributed by atoms with van der Waals surface area (Å²) in [7, 11) is 0. The topological polar surface area (TPSA) is 71.3 Å². The number of fused-ring (bicyclic) bond motifs is 3. The predicted molar refractivity (Wildman–Crippen MR) is 118 cm³/mol. The van der Waals surface area contributed by atoms with Crippen molar-refractivity contribution in [1.82, 2.24) is 9.88 Å². The van der Waals surface area contributed by atoms with Gasteiger partial charge in [-0.2, -0.15) is 0 Å². The van der Waals surface area contributed by atoms with Crippen molar-refractivity contribution in [2.45, 2.75) is 44.7 Å². The van der Waals surface area contributed by atoms with Crippen LogP contribution in [-0.2, 0) is 35.4 Å². The van der Waals surface area contributed by atoms with Gasteiger partial charge in [0.15, 0.2) is 0 Å². The van der Waals surface area contributed by atoms with Crippen LogP contribution in [0.5, 0.6) is 0 Å². The highest BCUT2D eigenvalue weighted by Gasteiger charge is 2.28. The summed E-state index contributed by atoms with van der Waals surface area (Å²) >= 11 is 12.4. The maximum atomic E-state index is 14.1. The molecule has 0 radical (unpaired) electrons. The molecule has 3 aromatic rings. The second-order valence-corrected chi connectivity index (χ2v) is 8.60. The molecular formula is C23H21Cl2FN2O3. The highest BCUT2D eigenvalue weighted by molar-refractivity contribution is 6.35. The number of amides is 1. The predicted octanol–water partition coefficient (Wildman–Crippen LogP) is 4.78. The molecule has 1 atom stereocenters. The first kappa shape index (κ1) is 21.7. The Kier molecular flexibility index (Phi) is 6.21. The summed E-state index contributed by atoms with van der Waals surface area (Å²) in [4.78, 5) is 23.9. The van der Waals surface area contributed by atoms with Crippen LogP contribution in [0.25, 0.3) is 10.9 Å². The lowest BCUT2D eigenvalue weighted by molar-refractivity contribution is -0.137. The van der Waals surface area contributed by atoms with Gasteiger partial charge in [-0.05, 0) is 55.0 Å². The molecule has 1 heterocycles. The van der Waals surface area contributed by atoms with Gasteiger partial charge in [-0.1, -0.05) is 41.4 Å². The molecule has 0 aliphatic heterocycles. The van der Waals surface area contributed by atoms with Crippen LogP contribution >= 0.6 is 23.2 Å². The van der Waals surface area contributed by atoms with E-state index in [2.05, 4.69) is 5.32 Å². The second-order valence-electron chi connectivity index (χ2n) is 7.79. The summed E-state index contributed by atoms with van der Waals surface area (Å²) in [5, 5.41) is 13.8. The van der Waals surface area contributed by atoms with Crippen LogP contribution in [0, 0.1) is 5.82 Å². The highest BCUT2D eigenvalue weighted by atomic mass is 35.5. The van der Waals surface area contributed by atoms with Crippen LogP contribution in [0.1, 0.15) is 29.7 Å². The monoisotopic (exact) mass is 462 g/mol. The lowest BCUT2D eigenvalue weighted by Crippen LogP contribution is -2.39. The molecule has 1 aliphatic carbocycles. The molecule has 1 amide bonds. The maximum absolute atomic E-state index is 14.1. The lowest BCUT2D eigenvalue weighted by atomic mass is 9.91. The number of carboxylic acids is 1. The summed E-state index contributed by atoms with van der Waals surface area (Å²) < 4.78 is 15.7. The molecular weight excluding hydrogens is 442 g/mol. The van der Waals surface area contributed by atoms with Crippen molar-refractivity contribution in [3.05, 3.63) is 69.1 Å². The van der Waals surface area contributed by atoms with Crippen molar-refractivity contribution in [2.24, 2.45) is 0 Å². The zero-order valence-corrected chi connectivity index (χ0v) is 18.1. The van der Waals surface area contributed by atoms with Crippen LogP contribution in [0.4, 0.5) is 4.39 Å². The third-order valence-corrected chi connectivity index (χ3v) is 6.37.